The molecule has 0 heterocycles. The van der Waals surface area contributed by atoms with E-state index >= 15 is 0 Å². The molecule has 0 bridgehead atoms. The fraction of sp³-hybridized carbons (Fsp3) is 0.800. The van der Waals surface area contributed by atoms with Crippen LogP contribution in [0.2, 0.25) is 0 Å². The molecule has 0 radical (unpaired) electrons. The van der Waals surface area contributed by atoms with Gasteiger partial charge in [0.2, 0.25) is 11.8 Å². The van der Waals surface area contributed by atoms with E-state index in [1.807, 2.05) is 0 Å². The molecule has 4 N–H and O–H groups in total. The minimum Gasteiger partial charge on any atom is -0.480 e. The number of nitrogens with one attached hydrogen (secondary N) is 2. The summed E-state index contributed by atoms with van der Waals surface area (Å²) in [6.07, 6.45) is 36.4. The first kappa shape index (κ1) is 46.3. The summed E-state index contributed by atoms with van der Waals surface area (Å²) in [5, 5.41) is 22.5. The van der Waals surface area contributed by atoms with Crippen molar-refractivity contribution >= 4 is 23.8 Å². The van der Waals surface area contributed by atoms with Crippen molar-refractivity contribution in [1.29, 1.82) is 0 Å². The summed E-state index contributed by atoms with van der Waals surface area (Å²) in [6.45, 7) is 3.42. The number of rotatable bonds is 35. The van der Waals surface area contributed by atoms with E-state index in [9.17, 15) is 19.2 Å². The van der Waals surface area contributed by atoms with Gasteiger partial charge in [0.1, 0.15) is 12.1 Å². The van der Waals surface area contributed by atoms with E-state index in [0.717, 1.165) is 77.0 Å². The summed E-state index contributed by atoms with van der Waals surface area (Å²) in [4.78, 5) is 47.3. The number of hydrogen-bond donors (Lipinski definition) is 4. The minimum absolute atomic E-state index is 0.0138. The predicted molar refractivity (Wildman–Crippen MR) is 199 cm³/mol. The van der Waals surface area contributed by atoms with Crippen LogP contribution in [0.5, 0.6) is 0 Å². The first-order valence-corrected chi connectivity index (χ1v) is 19.7. The highest BCUT2D eigenvalue weighted by Crippen LogP contribution is 2.18. The molecule has 0 aromatic rings. The van der Waals surface area contributed by atoms with Gasteiger partial charge in [-0.2, -0.15) is 0 Å². The summed E-state index contributed by atoms with van der Waals surface area (Å²) in [6, 6.07) is -1.38. The molecule has 2 amide bonds. The number of aliphatic hydroxyl groups is 1. The number of carboxylic acids is 1. The van der Waals surface area contributed by atoms with Crippen LogP contribution in [0, 0.1) is 0 Å². The van der Waals surface area contributed by atoms with Crippen LogP contribution in [0.25, 0.3) is 0 Å². The normalized spacial score (nSPS) is 12.7. The maximum absolute atomic E-state index is 12.7. The van der Waals surface area contributed by atoms with Gasteiger partial charge in [-0.25, -0.2) is 4.79 Å². The smallest absolute Gasteiger partial charge is 0.328 e. The number of carbonyl (C=O) groups is 4. The highest BCUT2D eigenvalue weighted by molar-refractivity contribution is 5.87. The third-order valence-electron chi connectivity index (χ3n) is 8.70. The highest BCUT2D eigenvalue weighted by atomic mass is 16.5. The standard InChI is InChI=1S/C40H72N2O7/c1-3-5-7-9-11-12-13-14-15-16-17-18-19-24-28-32-39(46)49-35(29-25-21-10-8-6-4-2)30-26-22-20-23-27-31-37(44)41-33-38(45)42-36(34-43)40(47)48/h11-12,14-15,35-36,43H,3-10,13,16-34H2,1-2H3,(H,41,44)(H,42,45)(H,47,48)/b12-11-,15-14-. The van der Waals surface area contributed by atoms with Gasteiger partial charge in [0.25, 0.3) is 0 Å². The van der Waals surface area contributed by atoms with Gasteiger partial charge < -0.3 is 25.6 Å². The van der Waals surface area contributed by atoms with Crippen LogP contribution >= 0.6 is 0 Å². The molecule has 0 spiro atoms. The number of esters is 1. The Balaban J connectivity index is 4.16. The van der Waals surface area contributed by atoms with E-state index in [2.05, 4.69) is 48.8 Å². The van der Waals surface area contributed by atoms with Gasteiger partial charge in [-0.15, -0.1) is 0 Å². The number of carboxylic acid groups (broad SMARTS) is 1. The topological polar surface area (TPSA) is 142 Å². The van der Waals surface area contributed by atoms with Crippen LogP contribution < -0.4 is 10.6 Å². The molecular weight excluding hydrogens is 620 g/mol. The second kappa shape index (κ2) is 35.2. The molecule has 0 aliphatic rings. The number of unbranched alkanes of at least 4 members (excludes halogenated alkanes) is 17. The average Bonchev–Trinajstić information content (AvgIpc) is 3.08. The second-order valence-electron chi connectivity index (χ2n) is 13.4. The second-order valence-corrected chi connectivity index (χ2v) is 13.4. The van der Waals surface area contributed by atoms with Gasteiger partial charge in [0, 0.05) is 12.8 Å². The van der Waals surface area contributed by atoms with Crippen LogP contribution in [-0.4, -0.2) is 59.3 Å². The molecule has 0 aromatic heterocycles. The van der Waals surface area contributed by atoms with Crippen LogP contribution in [0.4, 0.5) is 0 Å². The molecule has 284 valence electrons. The van der Waals surface area contributed by atoms with Crippen molar-refractivity contribution in [3.63, 3.8) is 0 Å². The fourth-order valence-electron chi connectivity index (χ4n) is 5.63. The van der Waals surface area contributed by atoms with E-state index in [4.69, 9.17) is 14.9 Å². The zero-order valence-corrected chi connectivity index (χ0v) is 31.2. The molecule has 9 nitrogen and oxygen atoms in total. The SMILES string of the molecule is CCCCC/C=C\C/C=C\CCCCCCCC(=O)OC(CCCCCCCC)CCCCCCCC(=O)NCC(=O)NC(CO)C(=O)O. The number of aliphatic hydroxyl groups excluding tert-OH is 1. The lowest BCUT2D eigenvalue weighted by molar-refractivity contribution is -0.150. The summed E-state index contributed by atoms with van der Waals surface area (Å²) < 4.78 is 5.96. The zero-order valence-electron chi connectivity index (χ0n) is 31.2. The molecule has 0 rings (SSSR count). The Morgan fingerprint density at radius 1 is 0.612 bits per heavy atom. The number of amides is 2. The first-order chi connectivity index (χ1) is 23.8. The Hall–Kier alpha value is -2.68. The van der Waals surface area contributed by atoms with Crippen molar-refractivity contribution < 1.29 is 34.1 Å². The molecule has 0 aliphatic carbocycles. The molecule has 0 fully saturated rings. The highest BCUT2D eigenvalue weighted by Gasteiger charge is 2.19. The van der Waals surface area contributed by atoms with Crippen molar-refractivity contribution in [3.8, 4) is 0 Å². The number of allylic oxidation sites excluding steroid dienone is 4. The third-order valence-corrected chi connectivity index (χ3v) is 8.70. The van der Waals surface area contributed by atoms with Gasteiger partial charge in [-0.3, -0.25) is 14.4 Å². The third kappa shape index (κ3) is 32.3. The van der Waals surface area contributed by atoms with E-state index in [-0.39, 0.29) is 24.5 Å². The number of hydrogen-bond acceptors (Lipinski definition) is 6. The van der Waals surface area contributed by atoms with Gasteiger partial charge in [-0.05, 0) is 70.6 Å². The minimum atomic E-state index is -1.38. The van der Waals surface area contributed by atoms with Gasteiger partial charge in [0.15, 0.2) is 0 Å². The van der Waals surface area contributed by atoms with Crippen molar-refractivity contribution in [3.05, 3.63) is 24.3 Å². The molecule has 2 unspecified atom stereocenters. The van der Waals surface area contributed by atoms with E-state index in [1.54, 1.807) is 0 Å². The van der Waals surface area contributed by atoms with E-state index in [0.29, 0.717) is 19.3 Å². The lowest BCUT2D eigenvalue weighted by atomic mass is 10.0. The van der Waals surface area contributed by atoms with Gasteiger partial charge in [-0.1, -0.05) is 122 Å². The quantitative estimate of drug-likeness (QED) is 0.0295. The number of aliphatic carboxylic acids is 1. The average molecular weight is 693 g/mol. The Kier molecular flexibility index (Phi) is 33.2. The van der Waals surface area contributed by atoms with E-state index in [1.165, 1.54) is 70.6 Å². The number of carbonyl (C=O) groups excluding carboxylic acids is 3. The molecule has 2 atom stereocenters. The summed E-state index contributed by atoms with van der Waals surface area (Å²) in [5.74, 6) is -2.31. The van der Waals surface area contributed by atoms with Crippen molar-refractivity contribution in [2.24, 2.45) is 0 Å². The Labute approximate surface area is 298 Å². The lowest BCUT2D eigenvalue weighted by Crippen LogP contribution is -2.47. The van der Waals surface area contributed by atoms with Crippen LogP contribution in [0.1, 0.15) is 181 Å². The zero-order chi connectivity index (χ0) is 36.2. The predicted octanol–water partition coefficient (Wildman–Crippen LogP) is 8.87. The Morgan fingerprint density at radius 2 is 1.10 bits per heavy atom. The largest absolute Gasteiger partial charge is 0.480 e. The molecule has 9 heteroatoms. The summed E-state index contributed by atoms with van der Waals surface area (Å²) in [5.41, 5.74) is 0. The maximum atomic E-state index is 12.7. The first-order valence-electron chi connectivity index (χ1n) is 19.7. The molecule has 49 heavy (non-hydrogen) atoms. The molecule has 0 saturated carbocycles. The molecule has 0 aromatic carbocycles. The Morgan fingerprint density at radius 3 is 1.67 bits per heavy atom. The number of ether oxygens (including phenoxy) is 1. The van der Waals surface area contributed by atoms with E-state index < -0.39 is 24.5 Å². The van der Waals surface area contributed by atoms with Crippen molar-refractivity contribution in [2.75, 3.05) is 13.2 Å². The van der Waals surface area contributed by atoms with Crippen LogP contribution in [0.15, 0.2) is 24.3 Å². The van der Waals surface area contributed by atoms with Crippen molar-refractivity contribution in [2.45, 2.75) is 193 Å². The molecular formula is C40H72N2O7. The van der Waals surface area contributed by atoms with Gasteiger partial charge in [0.05, 0.1) is 13.2 Å². The maximum Gasteiger partial charge on any atom is 0.328 e. The fourth-order valence-corrected chi connectivity index (χ4v) is 5.63. The lowest BCUT2D eigenvalue weighted by Gasteiger charge is -2.18. The van der Waals surface area contributed by atoms with Crippen molar-refractivity contribution in [1.82, 2.24) is 10.6 Å². The van der Waals surface area contributed by atoms with Crippen LogP contribution in [-0.2, 0) is 23.9 Å². The van der Waals surface area contributed by atoms with Crippen LogP contribution in [0.3, 0.4) is 0 Å². The summed E-state index contributed by atoms with van der Waals surface area (Å²) >= 11 is 0. The summed E-state index contributed by atoms with van der Waals surface area (Å²) in [7, 11) is 0. The molecule has 0 aliphatic heterocycles. The molecule has 0 saturated heterocycles. The monoisotopic (exact) mass is 693 g/mol. The Bertz CT molecular complexity index is 890. The van der Waals surface area contributed by atoms with Gasteiger partial charge >= 0.3 is 11.9 Å².